The molecule has 4 aliphatic heterocycles. The van der Waals surface area contributed by atoms with E-state index in [2.05, 4.69) is 44.9 Å². The van der Waals surface area contributed by atoms with E-state index in [-0.39, 0.29) is 23.7 Å². The molecule has 4 N–H and O–H groups in total. The SMILES string of the molecule is COC(=O)N[C@H](C(=O)N1CC(C)=CC1c1ncc(-c2ccc(-c3ccc(-c4cnc(C5C=C(C)CN5C(=O)[C@@H](NC(=O)OC)C5CCOCC5)[nH]4)cc3)cc2)[nH]1)C1CCOCC1. The Labute approximate surface area is 360 Å². The number of alkyl carbamates (subject to hydrolysis) is 2. The molecule has 8 rings (SSSR count). The van der Waals surface area contributed by atoms with E-state index in [1.165, 1.54) is 14.2 Å². The number of aromatic amines is 2. The number of nitrogens with zero attached hydrogens (tertiary/aromatic N) is 4. The maximum Gasteiger partial charge on any atom is 0.407 e. The Bertz CT molecular complexity index is 2140. The van der Waals surface area contributed by atoms with Crippen molar-refractivity contribution in [2.75, 3.05) is 53.7 Å². The van der Waals surface area contributed by atoms with Gasteiger partial charge in [-0.1, -0.05) is 71.8 Å². The van der Waals surface area contributed by atoms with Crippen molar-refractivity contribution < 1.29 is 38.1 Å². The summed E-state index contributed by atoms with van der Waals surface area (Å²) in [7, 11) is 2.59. The van der Waals surface area contributed by atoms with Crippen LogP contribution in [0, 0.1) is 11.8 Å². The van der Waals surface area contributed by atoms with Crippen LogP contribution in [0.25, 0.3) is 33.6 Å². The van der Waals surface area contributed by atoms with Crippen LogP contribution in [-0.2, 0) is 28.5 Å². The standard InChI is InChI=1S/C46H54N8O8/c1-27-21-37(53(25-27)43(55)39(51-45(57)59-3)33-13-17-61-18-14-33)41-47-23-35(49-41)31-9-5-29(6-10-31)30-7-11-32(12-8-30)36-24-48-42(50-36)38-22-28(2)26-54(38)44(56)40(52-46(58)60-4)34-15-19-62-20-16-34/h5-12,21-24,33-34,37-40H,13-20,25-26H2,1-4H3,(H,47,49)(H,48,50)(H,51,57)(H,52,58)/t37?,38?,39-,40-/m0/s1. The number of aromatic nitrogens is 4. The Hall–Kier alpha value is -6.26. The van der Waals surface area contributed by atoms with Gasteiger partial charge in [-0.25, -0.2) is 19.6 Å². The zero-order valence-corrected chi connectivity index (χ0v) is 35.5. The van der Waals surface area contributed by atoms with Crippen LogP contribution in [0.5, 0.6) is 0 Å². The molecule has 0 saturated carbocycles. The number of H-pyrrole nitrogens is 2. The van der Waals surface area contributed by atoms with E-state index in [1.54, 1.807) is 22.2 Å². The first-order chi connectivity index (χ1) is 30.1. The molecular weight excluding hydrogens is 793 g/mol. The van der Waals surface area contributed by atoms with E-state index in [4.69, 9.17) is 28.9 Å². The van der Waals surface area contributed by atoms with Gasteiger partial charge in [-0.2, -0.15) is 0 Å². The summed E-state index contributed by atoms with van der Waals surface area (Å²) in [4.78, 5) is 72.7. The van der Waals surface area contributed by atoms with Crippen molar-refractivity contribution in [2.24, 2.45) is 11.8 Å². The van der Waals surface area contributed by atoms with Gasteiger partial charge in [-0.15, -0.1) is 0 Å². The molecule has 4 atom stereocenters. The second kappa shape index (κ2) is 18.8. The molecule has 326 valence electrons. The summed E-state index contributed by atoms with van der Waals surface area (Å²) < 4.78 is 20.8. The molecule has 0 spiro atoms. The number of hydrogen-bond acceptors (Lipinski definition) is 10. The van der Waals surface area contributed by atoms with Gasteiger partial charge >= 0.3 is 12.2 Å². The summed E-state index contributed by atoms with van der Waals surface area (Å²) in [6.45, 7) is 7.01. The van der Waals surface area contributed by atoms with Crippen molar-refractivity contribution in [1.29, 1.82) is 0 Å². The monoisotopic (exact) mass is 846 g/mol. The lowest BCUT2D eigenvalue weighted by molar-refractivity contribution is -0.137. The second-order valence-electron chi connectivity index (χ2n) is 16.5. The van der Waals surface area contributed by atoms with Gasteiger partial charge in [-0.3, -0.25) is 9.59 Å². The number of rotatable bonds is 11. The van der Waals surface area contributed by atoms with Crippen molar-refractivity contribution in [3.8, 4) is 33.6 Å². The molecule has 2 unspecified atom stereocenters. The largest absolute Gasteiger partial charge is 0.453 e. The predicted molar refractivity (Wildman–Crippen MR) is 229 cm³/mol. The number of imidazole rings is 2. The highest BCUT2D eigenvalue weighted by molar-refractivity contribution is 5.88. The highest BCUT2D eigenvalue weighted by Gasteiger charge is 2.41. The molecule has 2 aromatic heterocycles. The van der Waals surface area contributed by atoms with Gasteiger partial charge in [0.2, 0.25) is 11.8 Å². The minimum atomic E-state index is -0.734. The summed E-state index contributed by atoms with van der Waals surface area (Å²) >= 11 is 0. The molecule has 4 aromatic rings. The molecule has 4 amide bonds. The summed E-state index contributed by atoms with van der Waals surface area (Å²) in [6, 6.07) is 14.1. The molecule has 62 heavy (non-hydrogen) atoms. The average molecular weight is 847 g/mol. The first-order valence-corrected chi connectivity index (χ1v) is 21.2. The van der Waals surface area contributed by atoms with Gasteiger partial charge in [0, 0.05) is 39.5 Å². The molecule has 0 bridgehead atoms. The van der Waals surface area contributed by atoms with Crippen LogP contribution in [-0.4, -0.2) is 120 Å². The maximum atomic E-state index is 14.1. The maximum absolute atomic E-state index is 14.1. The first kappa shape index (κ1) is 42.4. The number of benzene rings is 2. The second-order valence-corrected chi connectivity index (χ2v) is 16.5. The van der Waals surface area contributed by atoms with Gasteiger partial charge in [0.15, 0.2) is 0 Å². The summed E-state index contributed by atoms with van der Waals surface area (Å²) in [5, 5.41) is 5.60. The van der Waals surface area contributed by atoms with Crippen LogP contribution in [0.4, 0.5) is 9.59 Å². The van der Waals surface area contributed by atoms with Crippen LogP contribution in [0.2, 0.25) is 0 Å². The molecule has 16 heteroatoms. The molecule has 6 heterocycles. The molecule has 2 saturated heterocycles. The first-order valence-electron chi connectivity index (χ1n) is 21.2. The van der Waals surface area contributed by atoms with Crippen molar-refractivity contribution in [2.45, 2.75) is 63.7 Å². The molecule has 0 radical (unpaired) electrons. The number of ether oxygens (including phenoxy) is 4. The highest BCUT2D eigenvalue weighted by Crippen LogP contribution is 2.35. The van der Waals surface area contributed by atoms with E-state index in [1.807, 2.05) is 50.3 Å². The third-order valence-electron chi connectivity index (χ3n) is 12.4. The summed E-state index contributed by atoms with van der Waals surface area (Å²) in [6.07, 6.45) is 9.05. The zero-order valence-electron chi connectivity index (χ0n) is 35.5. The summed E-state index contributed by atoms with van der Waals surface area (Å²) in [5.41, 5.74) is 7.69. The molecule has 0 aliphatic carbocycles. The molecular formula is C46H54N8O8. The summed E-state index contributed by atoms with van der Waals surface area (Å²) in [5.74, 6) is 0.810. The minimum absolute atomic E-state index is 0.0633. The molecule has 4 aliphatic rings. The van der Waals surface area contributed by atoms with Crippen molar-refractivity contribution in [1.82, 2.24) is 40.4 Å². The number of amides is 4. The van der Waals surface area contributed by atoms with Crippen molar-refractivity contribution >= 4 is 24.0 Å². The Morgan fingerprint density at radius 1 is 0.613 bits per heavy atom. The Kier molecular flexibility index (Phi) is 12.9. The lowest BCUT2D eigenvalue weighted by atomic mass is 9.90. The Balaban J connectivity index is 0.934. The minimum Gasteiger partial charge on any atom is -0.453 e. The smallest absolute Gasteiger partial charge is 0.407 e. The molecule has 16 nitrogen and oxygen atoms in total. The fourth-order valence-electron chi connectivity index (χ4n) is 8.98. The third-order valence-corrected chi connectivity index (χ3v) is 12.4. The normalized spacial score (nSPS) is 20.6. The van der Waals surface area contributed by atoms with Crippen LogP contribution < -0.4 is 10.6 Å². The van der Waals surface area contributed by atoms with E-state index in [9.17, 15) is 19.2 Å². The number of nitrogens with one attached hydrogen (secondary N) is 4. The topological polar surface area (TPSA) is 193 Å². The zero-order chi connectivity index (χ0) is 43.3. The van der Waals surface area contributed by atoms with E-state index in [0.717, 1.165) is 44.8 Å². The Morgan fingerprint density at radius 2 is 0.968 bits per heavy atom. The van der Waals surface area contributed by atoms with E-state index >= 15 is 0 Å². The van der Waals surface area contributed by atoms with Crippen molar-refractivity contribution in [3.05, 3.63) is 95.9 Å². The molecule has 2 aromatic carbocycles. The van der Waals surface area contributed by atoms with Gasteiger partial charge in [0.1, 0.15) is 35.8 Å². The van der Waals surface area contributed by atoms with Crippen LogP contribution >= 0.6 is 0 Å². The lowest BCUT2D eigenvalue weighted by Crippen LogP contribution is -2.53. The van der Waals surface area contributed by atoms with E-state index in [0.29, 0.717) is 76.8 Å². The fraction of sp³-hybridized carbons (Fsp3) is 0.435. The van der Waals surface area contributed by atoms with Gasteiger partial charge in [0.05, 0.1) is 38.0 Å². The average Bonchev–Trinajstić information content (AvgIpc) is 4.14. The quantitative estimate of drug-likeness (QED) is 0.128. The fourth-order valence-corrected chi connectivity index (χ4v) is 8.98. The third kappa shape index (κ3) is 9.16. The number of hydrogen-bond donors (Lipinski definition) is 4. The van der Waals surface area contributed by atoms with Crippen LogP contribution in [0.15, 0.2) is 84.2 Å². The number of carbonyl (C=O) groups is 4. The predicted octanol–water partition coefficient (Wildman–Crippen LogP) is 6.10. The Morgan fingerprint density at radius 3 is 1.32 bits per heavy atom. The number of carbonyl (C=O) groups excluding carboxylic acids is 4. The van der Waals surface area contributed by atoms with Crippen molar-refractivity contribution in [3.63, 3.8) is 0 Å². The molecule has 2 fully saturated rings. The van der Waals surface area contributed by atoms with Crippen LogP contribution in [0.3, 0.4) is 0 Å². The lowest BCUT2D eigenvalue weighted by Gasteiger charge is -2.34. The van der Waals surface area contributed by atoms with Gasteiger partial charge in [-0.05, 0) is 73.6 Å². The van der Waals surface area contributed by atoms with Gasteiger partial charge in [0.25, 0.3) is 0 Å². The number of methoxy groups -OCH3 is 2. The highest BCUT2D eigenvalue weighted by atomic mass is 16.5. The van der Waals surface area contributed by atoms with Crippen LogP contribution in [0.1, 0.15) is 63.3 Å². The van der Waals surface area contributed by atoms with E-state index < -0.39 is 36.4 Å². The van der Waals surface area contributed by atoms with Gasteiger partial charge < -0.3 is 49.3 Å².